The molecule has 1 atom stereocenters. The van der Waals surface area contributed by atoms with Crippen LogP contribution in [0.1, 0.15) is 43.5 Å². The summed E-state index contributed by atoms with van der Waals surface area (Å²) in [6.45, 7) is 4.26. The van der Waals surface area contributed by atoms with E-state index in [2.05, 4.69) is 19.2 Å². The van der Waals surface area contributed by atoms with Crippen molar-refractivity contribution in [3.05, 3.63) is 35.4 Å². The van der Waals surface area contributed by atoms with Crippen LogP contribution in [0.15, 0.2) is 18.2 Å². The summed E-state index contributed by atoms with van der Waals surface area (Å²) in [5.74, 6) is -2.29. The van der Waals surface area contributed by atoms with Crippen LogP contribution in [0.3, 0.4) is 0 Å². The van der Waals surface area contributed by atoms with Gasteiger partial charge in [-0.15, -0.1) is 0 Å². The Labute approximate surface area is 105 Å². The normalized spacial score (nSPS) is 21.9. The van der Waals surface area contributed by atoms with Gasteiger partial charge >= 0.3 is 0 Å². The molecule has 0 spiro atoms. The molecule has 0 radical (unpaired) electrons. The Bertz CT molecular complexity index is 451. The maximum Gasteiger partial charge on any atom is 0.257 e. The summed E-state index contributed by atoms with van der Waals surface area (Å²) >= 11 is 0. The van der Waals surface area contributed by atoms with E-state index in [4.69, 9.17) is 0 Å². The number of amides is 1. The van der Waals surface area contributed by atoms with Gasteiger partial charge in [-0.1, -0.05) is 19.9 Å². The van der Waals surface area contributed by atoms with E-state index in [1.54, 1.807) is 0 Å². The Morgan fingerprint density at radius 3 is 2.44 bits per heavy atom. The molecule has 2 nitrogen and oxygen atoms in total. The third kappa shape index (κ3) is 2.68. The molecule has 0 aromatic heterocycles. The smallest absolute Gasteiger partial charge is 0.257 e. The molecule has 0 bridgehead atoms. The van der Waals surface area contributed by atoms with Gasteiger partial charge in [-0.2, -0.15) is 0 Å². The molecule has 1 N–H and O–H groups in total. The number of carbonyl (C=O) groups is 1. The maximum atomic E-state index is 13.4. The monoisotopic (exact) mass is 253 g/mol. The van der Waals surface area contributed by atoms with Gasteiger partial charge in [0.2, 0.25) is 0 Å². The number of rotatable bonds is 2. The Kier molecular flexibility index (Phi) is 3.37. The fourth-order valence-corrected chi connectivity index (χ4v) is 2.53. The molecule has 4 heteroatoms. The van der Waals surface area contributed by atoms with Crippen LogP contribution in [0, 0.1) is 17.0 Å². The van der Waals surface area contributed by atoms with E-state index in [0.717, 1.165) is 31.4 Å². The predicted octanol–water partition coefficient (Wildman–Crippen LogP) is 3.27. The molecule has 0 heterocycles. The highest BCUT2D eigenvalue weighted by Crippen LogP contribution is 2.37. The van der Waals surface area contributed by atoms with Crippen LogP contribution in [0.25, 0.3) is 0 Å². The van der Waals surface area contributed by atoms with Crippen molar-refractivity contribution in [2.45, 2.75) is 39.2 Å². The Morgan fingerprint density at radius 1 is 1.33 bits per heavy atom. The average Bonchev–Trinajstić information content (AvgIpc) is 2.57. The van der Waals surface area contributed by atoms with Gasteiger partial charge in [0.25, 0.3) is 5.91 Å². The summed E-state index contributed by atoms with van der Waals surface area (Å²) in [6, 6.07) is 3.44. The summed E-state index contributed by atoms with van der Waals surface area (Å²) in [4.78, 5) is 11.9. The molecule has 1 saturated carbocycles. The van der Waals surface area contributed by atoms with Crippen molar-refractivity contribution in [1.82, 2.24) is 5.32 Å². The Hall–Kier alpha value is -1.45. The van der Waals surface area contributed by atoms with Crippen molar-refractivity contribution in [2.24, 2.45) is 5.41 Å². The van der Waals surface area contributed by atoms with E-state index in [1.165, 1.54) is 6.07 Å². The second-order valence-electron chi connectivity index (χ2n) is 5.67. The summed E-state index contributed by atoms with van der Waals surface area (Å²) in [6.07, 6.45) is 2.71. The minimum absolute atomic E-state index is 0.00602. The van der Waals surface area contributed by atoms with Crippen LogP contribution in [0.4, 0.5) is 8.78 Å². The third-order valence-electron chi connectivity index (χ3n) is 3.49. The van der Waals surface area contributed by atoms with Gasteiger partial charge in [0.1, 0.15) is 17.2 Å². The van der Waals surface area contributed by atoms with Crippen LogP contribution in [0.2, 0.25) is 0 Å². The first kappa shape index (κ1) is 13.0. The highest BCUT2D eigenvalue weighted by atomic mass is 19.1. The summed E-state index contributed by atoms with van der Waals surface area (Å²) < 4.78 is 26.9. The Balaban J connectivity index is 2.09. The fourth-order valence-electron chi connectivity index (χ4n) is 2.53. The first-order chi connectivity index (χ1) is 8.39. The van der Waals surface area contributed by atoms with Gasteiger partial charge in [0, 0.05) is 6.04 Å². The fraction of sp³-hybridized carbons (Fsp3) is 0.500. The van der Waals surface area contributed by atoms with Crippen molar-refractivity contribution in [2.75, 3.05) is 0 Å². The Morgan fingerprint density at radius 2 is 1.94 bits per heavy atom. The van der Waals surface area contributed by atoms with Crippen LogP contribution in [0.5, 0.6) is 0 Å². The lowest BCUT2D eigenvalue weighted by Gasteiger charge is -2.18. The molecule has 1 amide bonds. The second-order valence-corrected chi connectivity index (χ2v) is 5.67. The van der Waals surface area contributed by atoms with Crippen LogP contribution in [-0.4, -0.2) is 11.9 Å². The van der Waals surface area contributed by atoms with E-state index in [-0.39, 0.29) is 11.5 Å². The molecule has 1 aromatic rings. The zero-order chi connectivity index (χ0) is 13.3. The SMILES string of the molecule is CC1(C)CCC(NC(=O)c2c(F)cccc2F)C1. The van der Waals surface area contributed by atoms with Crippen molar-refractivity contribution in [3.8, 4) is 0 Å². The summed E-state index contributed by atoms with van der Waals surface area (Å²) in [5, 5.41) is 2.71. The predicted molar refractivity (Wildman–Crippen MR) is 65.2 cm³/mol. The van der Waals surface area contributed by atoms with Gasteiger partial charge in [0.15, 0.2) is 0 Å². The average molecular weight is 253 g/mol. The quantitative estimate of drug-likeness (QED) is 0.861. The minimum Gasteiger partial charge on any atom is -0.349 e. The molecule has 18 heavy (non-hydrogen) atoms. The van der Waals surface area contributed by atoms with Gasteiger partial charge in [-0.05, 0) is 36.8 Å². The minimum atomic E-state index is -0.815. The molecule has 1 fully saturated rings. The van der Waals surface area contributed by atoms with Gasteiger partial charge in [-0.25, -0.2) is 8.78 Å². The van der Waals surface area contributed by atoms with E-state index in [1.807, 2.05) is 0 Å². The van der Waals surface area contributed by atoms with Crippen LogP contribution < -0.4 is 5.32 Å². The first-order valence-corrected chi connectivity index (χ1v) is 6.14. The lowest BCUT2D eigenvalue weighted by molar-refractivity contribution is 0.0927. The number of hydrogen-bond acceptors (Lipinski definition) is 1. The lowest BCUT2D eigenvalue weighted by atomic mass is 9.92. The molecule has 2 rings (SSSR count). The number of benzene rings is 1. The largest absolute Gasteiger partial charge is 0.349 e. The topological polar surface area (TPSA) is 29.1 Å². The van der Waals surface area contributed by atoms with E-state index in [9.17, 15) is 13.6 Å². The standard InChI is InChI=1S/C14H17F2NO/c1-14(2)7-6-9(8-14)17-13(18)12-10(15)4-3-5-11(12)16/h3-5,9H,6-8H2,1-2H3,(H,17,18). The zero-order valence-corrected chi connectivity index (χ0v) is 10.6. The lowest BCUT2D eigenvalue weighted by Crippen LogP contribution is -2.34. The third-order valence-corrected chi connectivity index (χ3v) is 3.49. The number of carbonyl (C=O) groups excluding carboxylic acids is 1. The number of nitrogens with one attached hydrogen (secondary N) is 1. The molecule has 1 aromatic carbocycles. The van der Waals surface area contributed by atoms with Crippen molar-refractivity contribution in [3.63, 3.8) is 0 Å². The molecule has 0 aliphatic heterocycles. The van der Waals surface area contributed by atoms with E-state index >= 15 is 0 Å². The number of halogens is 2. The molecule has 1 unspecified atom stereocenters. The molecule has 1 aliphatic carbocycles. The highest BCUT2D eigenvalue weighted by molar-refractivity contribution is 5.94. The van der Waals surface area contributed by atoms with Crippen LogP contribution in [-0.2, 0) is 0 Å². The number of hydrogen-bond donors (Lipinski definition) is 1. The molecule has 98 valence electrons. The molecule has 1 aliphatic rings. The molecular formula is C14H17F2NO. The van der Waals surface area contributed by atoms with E-state index in [0.29, 0.717) is 0 Å². The van der Waals surface area contributed by atoms with Crippen molar-refractivity contribution >= 4 is 5.91 Å². The zero-order valence-electron chi connectivity index (χ0n) is 10.6. The summed E-state index contributed by atoms with van der Waals surface area (Å²) in [7, 11) is 0. The van der Waals surface area contributed by atoms with Crippen molar-refractivity contribution in [1.29, 1.82) is 0 Å². The van der Waals surface area contributed by atoms with E-state index < -0.39 is 23.1 Å². The first-order valence-electron chi connectivity index (χ1n) is 6.14. The van der Waals surface area contributed by atoms with Crippen LogP contribution >= 0.6 is 0 Å². The van der Waals surface area contributed by atoms with Gasteiger partial charge in [-0.3, -0.25) is 4.79 Å². The van der Waals surface area contributed by atoms with Gasteiger partial charge < -0.3 is 5.32 Å². The van der Waals surface area contributed by atoms with Crippen molar-refractivity contribution < 1.29 is 13.6 Å². The highest BCUT2D eigenvalue weighted by Gasteiger charge is 2.32. The molecule has 0 saturated heterocycles. The summed E-state index contributed by atoms with van der Waals surface area (Å²) in [5.41, 5.74) is -0.298. The second kappa shape index (κ2) is 4.67. The molecular weight excluding hydrogens is 236 g/mol. The van der Waals surface area contributed by atoms with Gasteiger partial charge in [0.05, 0.1) is 0 Å². The maximum absolute atomic E-state index is 13.4.